The van der Waals surface area contributed by atoms with E-state index in [1.54, 1.807) is 39.6 Å². The van der Waals surface area contributed by atoms with Gasteiger partial charge in [-0.2, -0.15) is 0 Å². The first kappa shape index (κ1) is 27.3. The maximum atomic E-state index is 13.6. The van der Waals surface area contributed by atoms with Gasteiger partial charge in [-0.1, -0.05) is 30.0 Å². The van der Waals surface area contributed by atoms with E-state index in [9.17, 15) is 9.59 Å². The monoisotopic (exact) mass is 536 g/mol. The molecule has 1 N–H and O–H groups in total. The molecule has 200 valence electrons. The number of benzene rings is 1. The van der Waals surface area contributed by atoms with Gasteiger partial charge in [-0.25, -0.2) is 9.79 Å². The minimum Gasteiger partial charge on any atom is -0.493 e. The number of thioether (sulfide) groups is 1. The number of rotatable bonds is 8. The van der Waals surface area contributed by atoms with Gasteiger partial charge in [0.1, 0.15) is 5.60 Å². The van der Waals surface area contributed by atoms with E-state index >= 15 is 0 Å². The van der Waals surface area contributed by atoms with Crippen LogP contribution in [0.3, 0.4) is 0 Å². The number of ether oxygens (including phenoxy) is 3. The Hall–Kier alpha value is -3.79. The van der Waals surface area contributed by atoms with E-state index in [-0.39, 0.29) is 12.3 Å². The van der Waals surface area contributed by atoms with Crippen molar-refractivity contribution >= 4 is 28.8 Å². The predicted octanol–water partition coefficient (Wildman–Crippen LogP) is 4.72. The molecule has 1 aromatic carbocycles. The summed E-state index contributed by atoms with van der Waals surface area (Å²) in [5.41, 5.74) is 2.52. The third-order valence-electron chi connectivity index (χ3n) is 5.90. The highest BCUT2D eigenvalue weighted by Gasteiger charge is 2.43. The standard InChI is InChI=1S/C28H32N4O5S/c1-17-23(26(34)37-28(2,3)4)24(20-10-7-11-21(35-5)25(20)36-6)32-19(16-38-27(32)31-17)13-22(33)30-15-18-9-8-12-29-14-18/h7-12,14,16,24H,13,15H2,1-6H3,(H,30,33)/t24-/m1/s1. The fourth-order valence-corrected chi connectivity index (χ4v) is 5.28. The van der Waals surface area contributed by atoms with Crippen LogP contribution in [0.25, 0.3) is 0 Å². The lowest BCUT2D eigenvalue weighted by Gasteiger charge is -2.37. The van der Waals surface area contributed by atoms with Crippen molar-refractivity contribution in [3.05, 3.63) is 76.2 Å². The molecule has 1 atom stereocenters. The summed E-state index contributed by atoms with van der Waals surface area (Å²) in [6, 6.07) is 8.61. The number of nitrogens with one attached hydrogen (secondary N) is 1. The summed E-state index contributed by atoms with van der Waals surface area (Å²) >= 11 is 1.41. The van der Waals surface area contributed by atoms with Gasteiger partial charge in [0.15, 0.2) is 16.7 Å². The molecule has 0 fully saturated rings. The lowest BCUT2D eigenvalue weighted by atomic mass is 9.92. The molecule has 0 unspecified atom stereocenters. The molecule has 2 aliphatic rings. The largest absolute Gasteiger partial charge is 0.493 e. The Kier molecular flexibility index (Phi) is 8.11. The number of methoxy groups -OCH3 is 2. The molecule has 4 rings (SSSR count). The SMILES string of the molecule is COc1cccc([C@@H]2C(C(=O)OC(C)(C)C)=C(C)N=C3SC=C(CC(=O)NCc4cccnc4)N32)c1OC. The van der Waals surface area contributed by atoms with Crippen LogP contribution in [0, 0.1) is 0 Å². The average Bonchev–Trinajstić information content (AvgIpc) is 3.27. The molecule has 0 radical (unpaired) electrons. The first-order chi connectivity index (χ1) is 18.1. The molecule has 0 spiro atoms. The van der Waals surface area contributed by atoms with Gasteiger partial charge >= 0.3 is 5.97 Å². The number of hydrogen-bond acceptors (Lipinski definition) is 9. The van der Waals surface area contributed by atoms with Gasteiger partial charge < -0.3 is 24.4 Å². The number of carbonyl (C=O) groups is 2. The van der Waals surface area contributed by atoms with E-state index in [1.165, 1.54) is 11.8 Å². The van der Waals surface area contributed by atoms with Crippen LogP contribution in [0.1, 0.15) is 51.3 Å². The highest BCUT2D eigenvalue weighted by Crippen LogP contribution is 2.48. The van der Waals surface area contributed by atoms with E-state index < -0.39 is 17.6 Å². The molecule has 10 heteroatoms. The quantitative estimate of drug-likeness (QED) is 0.484. The summed E-state index contributed by atoms with van der Waals surface area (Å²) in [4.78, 5) is 37.3. The summed E-state index contributed by atoms with van der Waals surface area (Å²) in [7, 11) is 3.12. The molecule has 0 saturated heterocycles. The van der Waals surface area contributed by atoms with Crippen LogP contribution in [0.4, 0.5) is 0 Å². The zero-order valence-electron chi connectivity index (χ0n) is 22.4. The minimum atomic E-state index is -0.706. The number of fused-ring (bicyclic) bond motifs is 1. The minimum absolute atomic E-state index is 0.0930. The molecule has 3 heterocycles. The highest BCUT2D eigenvalue weighted by atomic mass is 32.2. The molecule has 1 aromatic heterocycles. The second-order valence-corrected chi connectivity index (χ2v) is 10.6. The molecule has 0 aliphatic carbocycles. The van der Waals surface area contributed by atoms with Crippen molar-refractivity contribution in [2.45, 2.75) is 52.3 Å². The Bertz CT molecular complexity index is 1310. The molecule has 2 aromatic rings. The number of amidine groups is 1. The van der Waals surface area contributed by atoms with Crippen LogP contribution < -0.4 is 14.8 Å². The molecular formula is C28H32N4O5S. The first-order valence-electron chi connectivity index (χ1n) is 12.2. The van der Waals surface area contributed by atoms with Crippen LogP contribution in [-0.4, -0.2) is 46.7 Å². The second kappa shape index (κ2) is 11.3. The number of esters is 1. The summed E-state index contributed by atoms with van der Waals surface area (Å²) in [6.07, 6.45) is 3.50. The first-order valence-corrected chi connectivity index (χ1v) is 13.0. The Labute approximate surface area is 227 Å². The Morgan fingerprint density at radius 1 is 1.13 bits per heavy atom. The van der Waals surface area contributed by atoms with Crippen LogP contribution >= 0.6 is 11.8 Å². The molecule has 0 saturated carbocycles. The van der Waals surface area contributed by atoms with Crippen LogP contribution in [-0.2, 0) is 20.9 Å². The zero-order chi connectivity index (χ0) is 27.4. The average molecular weight is 537 g/mol. The molecule has 38 heavy (non-hydrogen) atoms. The van der Waals surface area contributed by atoms with Gasteiger partial charge in [-0.15, -0.1) is 0 Å². The van der Waals surface area contributed by atoms with Crippen molar-refractivity contribution < 1.29 is 23.8 Å². The van der Waals surface area contributed by atoms with E-state index in [4.69, 9.17) is 19.2 Å². The van der Waals surface area contributed by atoms with Crippen LogP contribution in [0.5, 0.6) is 11.5 Å². The lowest BCUT2D eigenvalue weighted by molar-refractivity contribution is -0.150. The number of amides is 1. The highest BCUT2D eigenvalue weighted by molar-refractivity contribution is 8.16. The number of nitrogens with zero attached hydrogens (tertiary/aromatic N) is 3. The van der Waals surface area contributed by atoms with Gasteiger partial charge in [0.2, 0.25) is 5.91 Å². The van der Waals surface area contributed by atoms with Gasteiger partial charge in [0.25, 0.3) is 0 Å². The van der Waals surface area contributed by atoms with E-state index in [0.717, 1.165) is 5.56 Å². The van der Waals surface area contributed by atoms with E-state index in [2.05, 4.69) is 10.3 Å². The topological polar surface area (TPSA) is 102 Å². The van der Waals surface area contributed by atoms with Crippen molar-refractivity contribution in [3.63, 3.8) is 0 Å². The van der Waals surface area contributed by atoms with Crippen molar-refractivity contribution in [2.75, 3.05) is 14.2 Å². The third-order valence-corrected chi connectivity index (χ3v) is 6.79. The number of aromatic nitrogens is 1. The van der Waals surface area contributed by atoms with Gasteiger partial charge in [-0.05, 0) is 50.8 Å². The maximum Gasteiger partial charge on any atom is 0.338 e. The molecule has 9 nitrogen and oxygen atoms in total. The van der Waals surface area contributed by atoms with Gasteiger partial charge in [0.05, 0.1) is 38.0 Å². The normalized spacial score (nSPS) is 16.9. The summed E-state index contributed by atoms with van der Waals surface area (Å²) in [6.45, 7) is 7.63. The number of allylic oxidation sites excluding steroid dienone is 1. The van der Waals surface area contributed by atoms with Crippen molar-refractivity contribution in [3.8, 4) is 11.5 Å². The third kappa shape index (κ3) is 5.85. The zero-order valence-corrected chi connectivity index (χ0v) is 23.2. The Morgan fingerprint density at radius 3 is 2.58 bits per heavy atom. The van der Waals surface area contributed by atoms with E-state index in [1.807, 2.05) is 55.3 Å². The molecule has 0 bridgehead atoms. The predicted molar refractivity (Wildman–Crippen MR) is 146 cm³/mol. The number of carbonyl (C=O) groups excluding carboxylic acids is 2. The molecule has 1 amide bonds. The maximum absolute atomic E-state index is 13.6. The number of aliphatic imine (C=N–C) groups is 1. The number of para-hydroxylation sites is 1. The van der Waals surface area contributed by atoms with Crippen molar-refractivity contribution in [2.24, 2.45) is 4.99 Å². The fraction of sp³-hybridized carbons (Fsp3) is 0.357. The van der Waals surface area contributed by atoms with Crippen molar-refractivity contribution in [1.82, 2.24) is 15.2 Å². The lowest BCUT2D eigenvalue weighted by Crippen LogP contribution is -2.39. The second-order valence-electron chi connectivity index (χ2n) is 9.79. The summed E-state index contributed by atoms with van der Waals surface area (Å²) < 4.78 is 17.1. The fourth-order valence-electron chi connectivity index (χ4n) is 4.32. The number of hydrogen-bond donors (Lipinski definition) is 1. The smallest absolute Gasteiger partial charge is 0.338 e. The summed E-state index contributed by atoms with van der Waals surface area (Å²) in [5.74, 6) is 0.377. The number of pyridine rings is 1. The Balaban J connectivity index is 1.71. The van der Waals surface area contributed by atoms with Gasteiger partial charge in [-0.3, -0.25) is 9.78 Å². The van der Waals surface area contributed by atoms with E-state index in [0.29, 0.717) is 45.7 Å². The Morgan fingerprint density at radius 2 is 1.92 bits per heavy atom. The molecular weight excluding hydrogens is 504 g/mol. The van der Waals surface area contributed by atoms with Gasteiger partial charge in [0, 0.05) is 30.2 Å². The van der Waals surface area contributed by atoms with Crippen LogP contribution in [0.2, 0.25) is 0 Å². The molecule has 2 aliphatic heterocycles. The van der Waals surface area contributed by atoms with Crippen molar-refractivity contribution in [1.29, 1.82) is 0 Å². The van der Waals surface area contributed by atoms with Crippen LogP contribution in [0.15, 0.2) is 70.1 Å². The summed E-state index contributed by atoms with van der Waals surface area (Å²) in [5, 5.41) is 5.51.